The fourth-order valence-electron chi connectivity index (χ4n) is 1.98. The molecule has 1 heterocycles. The van der Waals surface area contributed by atoms with Crippen LogP contribution < -0.4 is 11.1 Å². The van der Waals surface area contributed by atoms with Crippen molar-refractivity contribution in [2.45, 2.75) is 25.8 Å². The number of fused-ring (bicyclic) bond motifs is 1. The summed E-state index contributed by atoms with van der Waals surface area (Å²) in [4.78, 5) is 11.0. The van der Waals surface area contributed by atoms with Crippen molar-refractivity contribution < 1.29 is 9.21 Å². The SMILES string of the molecule is CCC[C@@H](NC(N)=O)c1ccc2occc2c1. The minimum atomic E-state index is -0.490. The molecule has 0 aliphatic carbocycles. The van der Waals surface area contributed by atoms with Crippen LogP contribution in [0.15, 0.2) is 34.9 Å². The Hall–Kier alpha value is -1.97. The summed E-state index contributed by atoms with van der Waals surface area (Å²) in [6.07, 6.45) is 3.51. The first-order valence-electron chi connectivity index (χ1n) is 5.74. The van der Waals surface area contributed by atoms with Gasteiger partial charge in [-0.25, -0.2) is 4.79 Å². The average molecular weight is 232 g/mol. The lowest BCUT2D eigenvalue weighted by Gasteiger charge is -2.17. The van der Waals surface area contributed by atoms with Gasteiger partial charge >= 0.3 is 6.03 Å². The third-order valence-electron chi connectivity index (χ3n) is 2.77. The molecule has 0 saturated carbocycles. The lowest BCUT2D eigenvalue weighted by atomic mass is 10.0. The second-order valence-corrected chi connectivity index (χ2v) is 4.07. The summed E-state index contributed by atoms with van der Waals surface area (Å²) in [6, 6.07) is 7.28. The van der Waals surface area contributed by atoms with Crippen molar-refractivity contribution >= 4 is 17.0 Å². The van der Waals surface area contributed by atoms with Crippen molar-refractivity contribution in [3.8, 4) is 0 Å². The van der Waals surface area contributed by atoms with E-state index in [1.807, 2.05) is 24.3 Å². The topological polar surface area (TPSA) is 68.3 Å². The molecular formula is C13H16N2O2. The normalized spacial score (nSPS) is 12.5. The zero-order chi connectivity index (χ0) is 12.3. The number of primary amides is 1. The minimum absolute atomic E-state index is 0.0307. The minimum Gasteiger partial charge on any atom is -0.464 e. The molecule has 90 valence electrons. The van der Waals surface area contributed by atoms with Crippen LogP contribution in [0, 0.1) is 0 Å². The molecule has 0 fully saturated rings. The molecule has 4 heteroatoms. The first-order chi connectivity index (χ1) is 8.20. The number of urea groups is 1. The van der Waals surface area contributed by atoms with Gasteiger partial charge in [-0.15, -0.1) is 0 Å². The number of nitrogens with one attached hydrogen (secondary N) is 1. The molecule has 2 rings (SSSR count). The molecule has 0 saturated heterocycles. The highest BCUT2D eigenvalue weighted by Crippen LogP contribution is 2.23. The Morgan fingerprint density at radius 3 is 3.00 bits per heavy atom. The van der Waals surface area contributed by atoms with E-state index < -0.39 is 6.03 Å². The molecule has 0 spiro atoms. The summed E-state index contributed by atoms with van der Waals surface area (Å²) in [6.45, 7) is 2.08. The fraction of sp³-hybridized carbons (Fsp3) is 0.308. The van der Waals surface area contributed by atoms with Gasteiger partial charge in [-0.3, -0.25) is 0 Å². The van der Waals surface area contributed by atoms with Crippen molar-refractivity contribution in [2.24, 2.45) is 5.73 Å². The number of furan rings is 1. The molecule has 3 N–H and O–H groups in total. The lowest BCUT2D eigenvalue weighted by Crippen LogP contribution is -2.33. The maximum Gasteiger partial charge on any atom is 0.312 e. The molecule has 1 aromatic carbocycles. The first-order valence-corrected chi connectivity index (χ1v) is 5.74. The van der Waals surface area contributed by atoms with E-state index in [1.54, 1.807) is 6.26 Å². The van der Waals surface area contributed by atoms with Gasteiger partial charge in [0.25, 0.3) is 0 Å². The molecule has 0 radical (unpaired) electrons. The summed E-state index contributed by atoms with van der Waals surface area (Å²) in [7, 11) is 0. The van der Waals surface area contributed by atoms with Gasteiger partial charge in [0.05, 0.1) is 12.3 Å². The zero-order valence-corrected chi connectivity index (χ0v) is 9.77. The molecule has 0 aliphatic rings. The van der Waals surface area contributed by atoms with Gasteiger partial charge in [0, 0.05) is 5.39 Å². The van der Waals surface area contributed by atoms with E-state index in [-0.39, 0.29) is 6.04 Å². The second kappa shape index (κ2) is 4.91. The van der Waals surface area contributed by atoms with E-state index in [4.69, 9.17) is 10.2 Å². The Morgan fingerprint density at radius 2 is 2.29 bits per heavy atom. The van der Waals surface area contributed by atoms with Crippen molar-refractivity contribution in [1.29, 1.82) is 0 Å². The van der Waals surface area contributed by atoms with E-state index in [2.05, 4.69) is 12.2 Å². The van der Waals surface area contributed by atoms with Crippen LogP contribution in [0.2, 0.25) is 0 Å². The Morgan fingerprint density at radius 1 is 1.47 bits per heavy atom. The van der Waals surface area contributed by atoms with Crippen molar-refractivity contribution in [1.82, 2.24) is 5.32 Å². The quantitative estimate of drug-likeness (QED) is 0.850. The van der Waals surface area contributed by atoms with Crippen LogP contribution >= 0.6 is 0 Å². The standard InChI is InChI=1S/C13H16N2O2/c1-2-3-11(15-13(14)16)9-4-5-12-10(8-9)6-7-17-12/h4-8,11H,2-3H2,1H3,(H3,14,15,16)/t11-/m1/s1. The smallest absolute Gasteiger partial charge is 0.312 e. The van der Waals surface area contributed by atoms with Crippen LogP contribution in [0.1, 0.15) is 31.4 Å². The summed E-state index contributed by atoms with van der Waals surface area (Å²) >= 11 is 0. The number of hydrogen-bond acceptors (Lipinski definition) is 2. The number of amides is 2. The van der Waals surface area contributed by atoms with Gasteiger partial charge in [-0.2, -0.15) is 0 Å². The third kappa shape index (κ3) is 2.58. The van der Waals surface area contributed by atoms with Gasteiger partial charge in [0.1, 0.15) is 5.58 Å². The predicted octanol–water partition coefficient (Wildman–Crippen LogP) is 2.94. The predicted molar refractivity (Wildman–Crippen MR) is 66.6 cm³/mol. The molecular weight excluding hydrogens is 216 g/mol. The maximum atomic E-state index is 11.0. The van der Waals surface area contributed by atoms with E-state index in [9.17, 15) is 4.79 Å². The van der Waals surface area contributed by atoms with Gasteiger partial charge in [0.15, 0.2) is 0 Å². The van der Waals surface area contributed by atoms with E-state index in [0.29, 0.717) is 0 Å². The maximum absolute atomic E-state index is 11.0. The Bertz CT molecular complexity index is 519. The van der Waals surface area contributed by atoms with Crippen LogP contribution in [0.3, 0.4) is 0 Å². The van der Waals surface area contributed by atoms with E-state index in [1.165, 1.54) is 0 Å². The molecule has 1 aromatic heterocycles. The lowest BCUT2D eigenvalue weighted by molar-refractivity contribution is 0.244. The fourth-order valence-corrected chi connectivity index (χ4v) is 1.98. The molecule has 2 aromatic rings. The van der Waals surface area contributed by atoms with Crippen LogP contribution in [0.25, 0.3) is 11.0 Å². The molecule has 0 bridgehead atoms. The highest BCUT2D eigenvalue weighted by atomic mass is 16.3. The Kier molecular flexibility index (Phi) is 3.32. The first kappa shape index (κ1) is 11.5. The van der Waals surface area contributed by atoms with Crippen molar-refractivity contribution in [3.05, 3.63) is 36.1 Å². The number of nitrogens with two attached hydrogens (primary N) is 1. The van der Waals surface area contributed by atoms with Crippen LogP contribution in [-0.4, -0.2) is 6.03 Å². The Labute approximate surface area is 99.8 Å². The number of rotatable bonds is 4. The molecule has 4 nitrogen and oxygen atoms in total. The average Bonchev–Trinajstić information content (AvgIpc) is 2.74. The van der Waals surface area contributed by atoms with Crippen LogP contribution in [0.4, 0.5) is 4.79 Å². The van der Waals surface area contributed by atoms with Gasteiger partial charge < -0.3 is 15.5 Å². The molecule has 0 unspecified atom stereocenters. The van der Waals surface area contributed by atoms with Gasteiger partial charge in [-0.05, 0) is 30.2 Å². The largest absolute Gasteiger partial charge is 0.464 e. The zero-order valence-electron chi connectivity index (χ0n) is 9.77. The third-order valence-corrected chi connectivity index (χ3v) is 2.77. The monoisotopic (exact) mass is 232 g/mol. The molecule has 17 heavy (non-hydrogen) atoms. The highest BCUT2D eigenvalue weighted by Gasteiger charge is 2.12. The molecule has 1 atom stereocenters. The van der Waals surface area contributed by atoms with Crippen molar-refractivity contribution in [3.63, 3.8) is 0 Å². The van der Waals surface area contributed by atoms with Crippen molar-refractivity contribution in [2.75, 3.05) is 0 Å². The van der Waals surface area contributed by atoms with Crippen LogP contribution in [-0.2, 0) is 0 Å². The number of benzene rings is 1. The van der Waals surface area contributed by atoms with E-state index in [0.717, 1.165) is 29.4 Å². The van der Waals surface area contributed by atoms with Crippen LogP contribution in [0.5, 0.6) is 0 Å². The highest BCUT2D eigenvalue weighted by molar-refractivity contribution is 5.78. The summed E-state index contributed by atoms with van der Waals surface area (Å²) in [5.74, 6) is 0. The Balaban J connectivity index is 2.29. The van der Waals surface area contributed by atoms with Gasteiger partial charge in [-0.1, -0.05) is 19.4 Å². The number of carbonyl (C=O) groups is 1. The van der Waals surface area contributed by atoms with E-state index >= 15 is 0 Å². The number of carbonyl (C=O) groups excluding carboxylic acids is 1. The summed E-state index contributed by atoms with van der Waals surface area (Å²) in [5.41, 5.74) is 7.09. The molecule has 2 amide bonds. The van der Waals surface area contributed by atoms with Gasteiger partial charge in [0.2, 0.25) is 0 Å². The number of hydrogen-bond donors (Lipinski definition) is 2. The molecule has 0 aliphatic heterocycles. The summed E-state index contributed by atoms with van der Waals surface area (Å²) in [5, 5.41) is 3.80. The summed E-state index contributed by atoms with van der Waals surface area (Å²) < 4.78 is 5.28. The second-order valence-electron chi connectivity index (χ2n) is 4.07.